The molecule has 2 aromatic carbocycles. The third-order valence-corrected chi connectivity index (χ3v) is 7.11. The third kappa shape index (κ3) is 5.74. The number of aliphatic hydroxyl groups excluding tert-OH is 3. The number of aliphatic hydroxyl groups is 3. The van der Waals surface area contributed by atoms with Crippen molar-refractivity contribution in [1.29, 1.82) is 0 Å². The fourth-order valence-electron chi connectivity index (χ4n) is 3.82. The van der Waals surface area contributed by atoms with Gasteiger partial charge in [0.25, 0.3) is 0 Å². The van der Waals surface area contributed by atoms with Crippen molar-refractivity contribution in [2.45, 2.75) is 48.9 Å². The first-order valence-electron chi connectivity index (χ1n) is 10.8. The van der Waals surface area contributed by atoms with Crippen LogP contribution >= 0.6 is 23.4 Å². The second-order valence-corrected chi connectivity index (χ2v) is 9.39. The topological polar surface area (TPSA) is 92.3 Å². The Labute approximate surface area is 202 Å². The Morgan fingerprint density at radius 2 is 1.79 bits per heavy atom. The lowest BCUT2D eigenvalue weighted by Crippen LogP contribution is -2.53. The second kappa shape index (κ2) is 11.0. The van der Waals surface area contributed by atoms with Gasteiger partial charge in [-0.1, -0.05) is 35.9 Å². The molecule has 1 saturated heterocycles. The van der Waals surface area contributed by atoms with E-state index in [1.807, 2.05) is 43.3 Å². The van der Waals surface area contributed by atoms with Gasteiger partial charge >= 0.3 is 0 Å². The Kier molecular flexibility index (Phi) is 8.01. The minimum Gasteiger partial charge on any atom is -0.494 e. The summed E-state index contributed by atoms with van der Waals surface area (Å²) >= 11 is 7.77. The molecule has 1 aliphatic rings. The molecule has 0 radical (unpaired) electrons. The van der Waals surface area contributed by atoms with Gasteiger partial charge in [-0.2, -0.15) is 0 Å². The Hall–Kier alpha value is -2.00. The monoisotopic (exact) mass is 490 g/mol. The Morgan fingerprint density at radius 1 is 1.00 bits per heavy atom. The minimum absolute atomic E-state index is 0.466. The van der Waals surface area contributed by atoms with Gasteiger partial charge in [0.05, 0.1) is 18.6 Å². The number of benzene rings is 2. The van der Waals surface area contributed by atoms with E-state index < -0.39 is 29.9 Å². The van der Waals surface area contributed by atoms with E-state index in [1.165, 1.54) is 11.8 Å². The predicted octanol–water partition coefficient (Wildman–Crippen LogP) is 4.34. The molecule has 8 heteroatoms. The van der Waals surface area contributed by atoms with Crippen LogP contribution in [0.3, 0.4) is 0 Å². The van der Waals surface area contributed by atoms with Crippen LogP contribution in [0.5, 0.6) is 5.75 Å². The highest BCUT2D eigenvalue weighted by Crippen LogP contribution is 2.38. The van der Waals surface area contributed by atoms with Gasteiger partial charge in [0.15, 0.2) is 0 Å². The maximum absolute atomic E-state index is 10.7. The highest BCUT2D eigenvalue weighted by Gasteiger charge is 2.44. The van der Waals surface area contributed by atoms with Crippen LogP contribution in [0, 0.1) is 0 Å². The normalized spacial score (nSPS) is 25.2. The van der Waals surface area contributed by atoms with Crippen molar-refractivity contribution in [3.8, 4) is 5.75 Å². The van der Waals surface area contributed by atoms with Crippen molar-refractivity contribution >= 4 is 23.4 Å². The van der Waals surface area contributed by atoms with E-state index in [0.29, 0.717) is 29.4 Å². The number of halogens is 1. The van der Waals surface area contributed by atoms with Gasteiger partial charge in [-0.05, 0) is 60.4 Å². The molecule has 4 rings (SSSR count). The number of furan rings is 1. The van der Waals surface area contributed by atoms with Crippen LogP contribution in [-0.2, 0) is 16.9 Å². The first kappa shape index (κ1) is 24.1. The van der Waals surface area contributed by atoms with Crippen LogP contribution in [0.4, 0.5) is 0 Å². The summed E-state index contributed by atoms with van der Waals surface area (Å²) in [6.45, 7) is 2.55. The predicted molar refractivity (Wildman–Crippen MR) is 128 cm³/mol. The summed E-state index contributed by atoms with van der Waals surface area (Å²) < 4.78 is 16.9. The lowest BCUT2D eigenvalue weighted by Gasteiger charge is -2.40. The van der Waals surface area contributed by atoms with E-state index in [1.54, 1.807) is 24.5 Å². The lowest BCUT2D eigenvalue weighted by atomic mass is 9.92. The zero-order valence-corrected chi connectivity index (χ0v) is 19.7. The lowest BCUT2D eigenvalue weighted by molar-refractivity contribution is -0.200. The average molecular weight is 491 g/mol. The maximum Gasteiger partial charge on any atom is 0.133 e. The van der Waals surface area contributed by atoms with Crippen LogP contribution < -0.4 is 4.74 Å². The first-order chi connectivity index (χ1) is 16.0. The van der Waals surface area contributed by atoms with E-state index in [4.69, 9.17) is 25.5 Å². The summed E-state index contributed by atoms with van der Waals surface area (Å²) in [4.78, 5) is 0. The molecule has 0 aliphatic carbocycles. The van der Waals surface area contributed by atoms with Crippen LogP contribution in [0.2, 0.25) is 5.02 Å². The molecular formula is C25H27ClO6S. The van der Waals surface area contributed by atoms with Gasteiger partial charge in [-0.25, -0.2) is 0 Å². The molecule has 1 fully saturated rings. The molecule has 1 aliphatic heterocycles. The van der Waals surface area contributed by atoms with E-state index in [-0.39, 0.29) is 0 Å². The Balaban J connectivity index is 1.51. The van der Waals surface area contributed by atoms with Gasteiger partial charge in [0.1, 0.15) is 41.4 Å². The van der Waals surface area contributed by atoms with Crippen LogP contribution in [0.1, 0.15) is 35.5 Å². The molecular weight excluding hydrogens is 464 g/mol. The van der Waals surface area contributed by atoms with Crippen molar-refractivity contribution < 1.29 is 29.2 Å². The summed E-state index contributed by atoms with van der Waals surface area (Å²) in [7, 11) is 0. The van der Waals surface area contributed by atoms with Gasteiger partial charge in [0.2, 0.25) is 0 Å². The van der Waals surface area contributed by atoms with Gasteiger partial charge in [-0.15, -0.1) is 11.8 Å². The zero-order chi connectivity index (χ0) is 23.4. The van der Waals surface area contributed by atoms with Crippen molar-refractivity contribution in [3.05, 3.63) is 88.3 Å². The van der Waals surface area contributed by atoms with Gasteiger partial charge < -0.3 is 29.2 Å². The molecule has 3 aromatic rings. The molecule has 3 N–H and O–H groups in total. The Morgan fingerprint density at radius 3 is 2.48 bits per heavy atom. The van der Waals surface area contributed by atoms with E-state index in [2.05, 4.69) is 0 Å². The van der Waals surface area contributed by atoms with Gasteiger partial charge in [-0.3, -0.25) is 0 Å². The summed E-state index contributed by atoms with van der Waals surface area (Å²) in [5, 5.41) is 32.2. The number of rotatable bonds is 8. The van der Waals surface area contributed by atoms with E-state index in [0.717, 1.165) is 22.6 Å². The minimum atomic E-state index is -1.34. The highest BCUT2D eigenvalue weighted by molar-refractivity contribution is 7.99. The summed E-state index contributed by atoms with van der Waals surface area (Å²) in [6.07, 6.45) is -2.50. The largest absolute Gasteiger partial charge is 0.494 e. The highest BCUT2D eigenvalue weighted by atomic mass is 35.5. The molecule has 176 valence electrons. The molecule has 0 bridgehead atoms. The zero-order valence-electron chi connectivity index (χ0n) is 18.1. The van der Waals surface area contributed by atoms with E-state index in [9.17, 15) is 15.3 Å². The Bertz CT molecular complexity index is 1030. The summed E-state index contributed by atoms with van der Waals surface area (Å²) in [5.74, 6) is 2.01. The molecule has 6 nitrogen and oxygen atoms in total. The average Bonchev–Trinajstić information content (AvgIpc) is 3.34. The van der Waals surface area contributed by atoms with Crippen molar-refractivity contribution in [2.75, 3.05) is 6.61 Å². The molecule has 5 atom stereocenters. The third-order valence-electron chi connectivity index (χ3n) is 5.57. The fraction of sp³-hybridized carbons (Fsp3) is 0.360. The number of hydrogen-bond donors (Lipinski definition) is 3. The summed E-state index contributed by atoms with van der Waals surface area (Å²) in [6, 6.07) is 16.8. The van der Waals surface area contributed by atoms with Crippen molar-refractivity contribution in [2.24, 2.45) is 0 Å². The van der Waals surface area contributed by atoms with Crippen LogP contribution in [0.15, 0.2) is 65.3 Å². The first-order valence-corrected chi connectivity index (χ1v) is 12.2. The van der Waals surface area contributed by atoms with Crippen LogP contribution in [-0.4, -0.2) is 45.7 Å². The number of ether oxygens (including phenoxy) is 2. The molecule has 1 aromatic heterocycles. The number of hydrogen-bond acceptors (Lipinski definition) is 7. The van der Waals surface area contributed by atoms with Crippen molar-refractivity contribution in [1.82, 2.24) is 0 Å². The van der Waals surface area contributed by atoms with Crippen LogP contribution in [0.25, 0.3) is 0 Å². The molecule has 0 unspecified atom stereocenters. The maximum atomic E-state index is 10.7. The van der Waals surface area contributed by atoms with E-state index >= 15 is 0 Å². The second-order valence-electron chi connectivity index (χ2n) is 7.89. The van der Waals surface area contributed by atoms with Crippen molar-refractivity contribution in [3.63, 3.8) is 0 Å². The molecule has 0 saturated carbocycles. The molecule has 0 amide bonds. The van der Waals surface area contributed by atoms with Gasteiger partial charge in [0, 0.05) is 5.02 Å². The molecule has 2 heterocycles. The SMILES string of the molecule is CCOc1ccc(Cc2cc([C@@H]3O[C@H](SCc4ccco4)[C@@H](O)[C@H](O)[C@H]3O)ccc2Cl)cc1. The molecule has 33 heavy (non-hydrogen) atoms. The quantitative estimate of drug-likeness (QED) is 0.432. The molecule has 0 spiro atoms. The fourth-order valence-corrected chi connectivity index (χ4v) is 5.05. The smallest absolute Gasteiger partial charge is 0.133 e. The number of thioether (sulfide) groups is 1. The standard InChI is InChI=1S/C25H27ClO6S/c1-2-30-18-8-5-15(6-9-18)12-17-13-16(7-10-20(17)26)24-22(28)21(27)23(29)25(32-24)33-14-19-4-3-11-31-19/h3-11,13,21-25,27-29H,2,12,14H2,1H3/t21-,22-,23+,24+,25-/m1/s1. The summed E-state index contributed by atoms with van der Waals surface area (Å²) in [5.41, 5.74) is 1.88.